The Morgan fingerprint density at radius 1 is 1.05 bits per heavy atom. The molecule has 0 spiro atoms. The van der Waals surface area contributed by atoms with Gasteiger partial charge in [0.25, 0.3) is 0 Å². The van der Waals surface area contributed by atoms with Crippen LogP contribution in [0.4, 0.5) is 0 Å². The van der Waals surface area contributed by atoms with E-state index in [1.54, 1.807) is 0 Å². The standard InChI is InChI=1S/C16H17Br2NO/c1-3-19-10-12-5-6-13(17)9-16(12)20-15-7-4-11(2)8-14(15)18/h4-9,19H,3,10H2,1-2H3. The first-order valence-corrected chi connectivity index (χ1v) is 8.12. The molecular formula is C16H17Br2NO. The summed E-state index contributed by atoms with van der Waals surface area (Å²) in [6, 6.07) is 12.2. The van der Waals surface area contributed by atoms with Gasteiger partial charge in [0.2, 0.25) is 0 Å². The fraction of sp³-hybridized carbons (Fsp3) is 0.250. The van der Waals surface area contributed by atoms with Gasteiger partial charge in [-0.2, -0.15) is 0 Å². The lowest BCUT2D eigenvalue weighted by Crippen LogP contribution is -2.12. The number of halogens is 2. The average Bonchev–Trinajstić information content (AvgIpc) is 2.41. The monoisotopic (exact) mass is 397 g/mol. The predicted octanol–water partition coefficient (Wildman–Crippen LogP) is 5.42. The van der Waals surface area contributed by atoms with Crippen LogP contribution in [0, 0.1) is 6.92 Å². The largest absolute Gasteiger partial charge is 0.456 e. The number of hydrogen-bond donors (Lipinski definition) is 1. The van der Waals surface area contributed by atoms with Gasteiger partial charge in [0.1, 0.15) is 11.5 Å². The molecule has 0 saturated carbocycles. The molecule has 0 unspecified atom stereocenters. The number of rotatable bonds is 5. The smallest absolute Gasteiger partial charge is 0.141 e. The summed E-state index contributed by atoms with van der Waals surface area (Å²) < 4.78 is 8.03. The molecule has 0 fully saturated rings. The van der Waals surface area contributed by atoms with E-state index >= 15 is 0 Å². The number of benzene rings is 2. The van der Waals surface area contributed by atoms with Crippen molar-refractivity contribution in [3.05, 3.63) is 56.5 Å². The molecule has 20 heavy (non-hydrogen) atoms. The van der Waals surface area contributed by atoms with Crippen LogP contribution in [0.3, 0.4) is 0 Å². The number of hydrogen-bond acceptors (Lipinski definition) is 2. The first kappa shape index (κ1) is 15.5. The van der Waals surface area contributed by atoms with E-state index in [0.717, 1.165) is 39.1 Å². The van der Waals surface area contributed by atoms with Gasteiger partial charge in [-0.1, -0.05) is 35.0 Å². The minimum absolute atomic E-state index is 0.794. The molecule has 0 amide bonds. The average molecular weight is 399 g/mol. The van der Waals surface area contributed by atoms with Gasteiger partial charge in [0, 0.05) is 16.6 Å². The van der Waals surface area contributed by atoms with Gasteiger partial charge in [0.15, 0.2) is 0 Å². The third-order valence-corrected chi connectivity index (χ3v) is 4.01. The second-order valence-electron chi connectivity index (χ2n) is 4.57. The summed E-state index contributed by atoms with van der Waals surface area (Å²) in [7, 11) is 0. The van der Waals surface area contributed by atoms with Crippen LogP contribution in [0.15, 0.2) is 45.3 Å². The maximum absolute atomic E-state index is 6.06. The van der Waals surface area contributed by atoms with Crippen LogP contribution in [-0.2, 0) is 6.54 Å². The van der Waals surface area contributed by atoms with E-state index in [1.165, 1.54) is 5.56 Å². The van der Waals surface area contributed by atoms with E-state index in [2.05, 4.69) is 63.2 Å². The summed E-state index contributed by atoms with van der Waals surface area (Å²) in [5.41, 5.74) is 2.34. The summed E-state index contributed by atoms with van der Waals surface area (Å²) in [4.78, 5) is 0. The lowest BCUT2D eigenvalue weighted by molar-refractivity contribution is 0.470. The lowest BCUT2D eigenvalue weighted by Gasteiger charge is -2.13. The second-order valence-corrected chi connectivity index (χ2v) is 6.34. The fourth-order valence-corrected chi connectivity index (χ4v) is 2.75. The summed E-state index contributed by atoms with van der Waals surface area (Å²) in [5, 5.41) is 3.33. The number of ether oxygens (including phenoxy) is 1. The Kier molecular flexibility index (Phi) is 5.64. The molecule has 2 rings (SSSR count). The van der Waals surface area contributed by atoms with Crippen molar-refractivity contribution in [3.63, 3.8) is 0 Å². The SMILES string of the molecule is CCNCc1ccc(Br)cc1Oc1ccc(C)cc1Br. The maximum atomic E-state index is 6.06. The Balaban J connectivity index is 2.29. The van der Waals surface area contributed by atoms with E-state index in [0.29, 0.717) is 0 Å². The van der Waals surface area contributed by atoms with Crippen LogP contribution in [0.5, 0.6) is 11.5 Å². The second kappa shape index (κ2) is 7.25. The molecule has 0 aliphatic rings. The first-order valence-electron chi connectivity index (χ1n) is 6.53. The summed E-state index contributed by atoms with van der Waals surface area (Å²) >= 11 is 7.04. The Bertz CT molecular complexity index is 599. The van der Waals surface area contributed by atoms with Gasteiger partial charge in [-0.15, -0.1) is 0 Å². The molecule has 0 aliphatic heterocycles. The van der Waals surface area contributed by atoms with Gasteiger partial charge in [-0.25, -0.2) is 0 Å². The van der Waals surface area contributed by atoms with E-state index < -0.39 is 0 Å². The summed E-state index contributed by atoms with van der Waals surface area (Å²) in [6.45, 7) is 5.88. The van der Waals surface area contributed by atoms with Crippen LogP contribution in [0.2, 0.25) is 0 Å². The van der Waals surface area contributed by atoms with Crippen molar-refractivity contribution in [2.45, 2.75) is 20.4 Å². The Morgan fingerprint density at radius 2 is 1.85 bits per heavy atom. The highest BCUT2D eigenvalue weighted by atomic mass is 79.9. The van der Waals surface area contributed by atoms with Gasteiger partial charge >= 0.3 is 0 Å². The molecule has 0 atom stereocenters. The number of nitrogens with one attached hydrogen (secondary N) is 1. The maximum Gasteiger partial charge on any atom is 0.141 e. The van der Waals surface area contributed by atoms with Gasteiger partial charge in [0.05, 0.1) is 4.47 Å². The van der Waals surface area contributed by atoms with Crippen molar-refractivity contribution in [2.24, 2.45) is 0 Å². The topological polar surface area (TPSA) is 21.3 Å². The van der Waals surface area contributed by atoms with Crippen molar-refractivity contribution in [3.8, 4) is 11.5 Å². The molecule has 0 aromatic heterocycles. The van der Waals surface area contributed by atoms with E-state index in [1.807, 2.05) is 24.3 Å². The minimum atomic E-state index is 0.794. The van der Waals surface area contributed by atoms with Crippen molar-refractivity contribution >= 4 is 31.9 Å². The summed E-state index contributed by atoms with van der Waals surface area (Å²) in [5.74, 6) is 1.69. The Morgan fingerprint density at radius 3 is 2.55 bits per heavy atom. The lowest BCUT2D eigenvalue weighted by atomic mass is 10.2. The minimum Gasteiger partial charge on any atom is -0.456 e. The highest BCUT2D eigenvalue weighted by Gasteiger charge is 2.08. The zero-order valence-electron chi connectivity index (χ0n) is 11.5. The highest BCUT2D eigenvalue weighted by Crippen LogP contribution is 2.33. The molecule has 0 bridgehead atoms. The fourth-order valence-electron chi connectivity index (χ4n) is 1.84. The van der Waals surface area contributed by atoms with Gasteiger partial charge in [-0.3, -0.25) is 0 Å². The molecule has 2 nitrogen and oxygen atoms in total. The molecule has 0 aliphatic carbocycles. The Labute approximate surface area is 136 Å². The third-order valence-electron chi connectivity index (χ3n) is 2.90. The van der Waals surface area contributed by atoms with Crippen LogP contribution in [0.25, 0.3) is 0 Å². The van der Waals surface area contributed by atoms with Crippen LogP contribution in [-0.4, -0.2) is 6.54 Å². The van der Waals surface area contributed by atoms with E-state index in [-0.39, 0.29) is 0 Å². The molecule has 4 heteroatoms. The molecule has 0 radical (unpaired) electrons. The van der Waals surface area contributed by atoms with E-state index in [4.69, 9.17) is 4.74 Å². The molecule has 2 aromatic rings. The molecule has 0 heterocycles. The molecule has 2 aromatic carbocycles. The van der Waals surface area contributed by atoms with Crippen LogP contribution >= 0.6 is 31.9 Å². The third kappa shape index (κ3) is 4.08. The molecular weight excluding hydrogens is 382 g/mol. The van der Waals surface area contributed by atoms with Crippen molar-refractivity contribution in [1.82, 2.24) is 5.32 Å². The van der Waals surface area contributed by atoms with Gasteiger partial charge < -0.3 is 10.1 Å². The Hall–Kier alpha value is -0.840. The van der Waals surface area contributed by atoms with Crippen LogP contribution < -0.4 is 10.1 Å². The molecule has 0 saturated heterocycles. The van der Waals surface area contributed by atoms with Gasteiger partial charge in [-0.05, 0) is 59.2 Å². The first-order chi connectivity index (χ1) is 9.60. The van der Waals surface area contributed by atoms with Crippen molar-refractivity contribution < 1.29 is 4.74 Å². The molecule has 1 N–H and O–H groups in total. The van der Waals surface area contributed by atoms with Crippen molar-refractivity contribution in [2.75, 3.05) is 6.54 Å². The van der Waals surface area contributed by atoms with E-state index in [9.17, 15) is 0 Å². The zero-order chi connectivity index (χ0) is 14.5. The highest BCUT2D eigenvalue weighted by molar-refractivity contribution is 9.10. The summed E-state index contributed by atoms with van der Waals surface area (Å²) in [6.07, 6.45) is 0. The van der Waals surface area contributed by atoms with Crippen molar-refractivity contribution in [1.29, 1.82) is 0 Å². The normalized spacial score (nSPS) is 10.6. The van der Waals surface area contributed by atoms with Crippen LogP contribution in [0.1, 0.15) is 18.1 Å². The predicted molar refractivity (Wildman–Crippen MR) is 90.5 cm³/mol. The quantitative estimate of drug-likeness (QED) is 0.725. The zero-order valence-corrected chi connectivity index (χ0v) is 14.7. The molecule has 106 valence electrons. The number of aryl methyl sites for hydroxylation is 1.